The van der Waals surface area contributed by atoms with Crippen LogP contribution in [0.3, 0.4) is 0 Å². The minimum Gasteiger partial charge on any atom is -0.372 e. The molecule has 1 aliphatic rings. The molecule has 1 aromatic rings. The second-order valence-corrected chi connectivity index (χ2v) is 4.46. The van der Waals surface area contributed by atoms with E-state index in [9.17, 15) is 0 Å². The van der Waals surface area contributed by atoms with Crippen LogP contribution in [0.2, 0.25) is 0 Å². The molecular formula is C15H19NO. The zero-order chi connectivity index (χ0) is 12.1. The molecule has 1 N–H and O–H groups in total. The van der Waals surface area contributed by atoms with Gasteiger partial charge in [-0.1, -0.05) is 18.2 Å². The van der Waals surface area contributed by atoms with Crippen molar-refractivity contribution in [2.75, 3.05) is 7.05 Å². The highest BCUT2D eigenvalue weighted by molar-refractivity contribution is 5.34. The van der Waals surface area contributed by atoms with Crippen LogP contribution in [0.1, 0.15) is 42.0 Å². The number of nitrogens with one attached hydrogen (secondary N) is 1. The smallest absolute Gasteiger partial charge is 0.0725 e. The predicted molar refractivity (Wildman–Crippen MR) is 69.4 cm³/mol. The van der Waals surface area contributed by atoms with Gasteiger partial charge in [0, 0.05) is 12.5 Å². The highest BCUT2D eigenvalue weighted by atomic mass is 16.5. The molecule has 17 heavy (non-hydrogen) atoms. The summed E-state index contributed by atoms with van der Waals surface area (Å²) < 4.78 is 5.43. The highest BCUT2D eigenvalue weighted by Crippen LogP contribution is 2.26. The maximum absolute atomic E-state index is 5.43. The molecule has 90 valence electrons. The van der Waals surface area contributed by atoms with Crippen molar-refractivity contribution < 1.29 is 4.74 Å². The van der Waals surface area contributed by atoms with Crippen LogP contribution in [0.4, 0.5) is 0 Å². The first-order valence-electron chi connectivity index (χ1n) is 6.15. The van der Waals surface area contributed by atoms with Crippen LogP contribution in [0, 0.1) is 12.3 Å². The fraction of sp³-hybridized carbons (Fsp3) is 0.467. The van der Waals surface area contributed by atoms with Crippen molar-refractivity contribution in [3.63, 3.8) is 0 Å². The third-order valence-corrected chi connectivity index (χ3v) is 3.31. The lowest BCUT2D eigenvalue weighted by atomic mass is 9.97. The molecule has 0 bridgehead atoms. The Morgan fingerprint density at radius 2 is 2.24 bits per heavy atom. The zero-order valence-corrected chi connectivity index (χ0v) is 10.3. The largest absolute Gasteiger partial charge is 0.372 e. The molecule has 2 heteroatoms. The summed E-state index contributed by atoms with van der Waals surface area (Å²) in [6, 6.07) is 7.04. The van der Waals surface area contributed by atoms with Crippen LogP contribution >= 0.6 is 0 Å². The first-order chi connectivity index (χ1) is 8.35. The van der Waals surface area contributed by atoms with Crippen molar-refractivity contribution >= 4 is 0 Å². The van der Waals surface area contributed by atoms with Gasteiger partial charge in [-0.15, -0.1) is 12.3 Å². The van der Waals surface area contributed by atoms with E-state index in [0.717, 1.165) is 32.5 Å². The molecule has 0 aliphatic carbocycles. The van der Waals surface area contributed by atoms with E-state index in [-0.39, 0.29) is 0 Å². The Labute approximate surface area is 103 Å². The third-order valence-electron chi connectivity index (χ3n) is 3.31. The molecule has 1 heterocycles. The lowest BCUT2D eigenvalue weighted by Crippen LogP contribution is -2.16. The van der Waals surface area contributed by atoms with Gasteiger partial charge in [-0.3, -0.25) is 0 Å². The van der Waals surface area contributed by atoms with E-state index in [0.29, 0.717) is 6.04 Å². The standard InChI is InChI=1S/C15H19NO/c1-3-4-5-6-15(16-2)12-7-8-13-10-17-11-14(13)9-12/h1,7-9,15-16H,4-6,10-11H2,2H3. The summed E-state index contributed by atoms with van der Waals surface area (Å²) in [5.41, 5.74) is 4.00. The van der Waals surface area contributed by atoms with Gasteiger partial charge in [0.1, 0.15) is 0 Å². The zero-order valence-electron chi connectivity index (χ0n) is 10.3. The fourth-order valence-corrected chi connectivity index (χ4v) is 2.29. The fourth-order valence-electron chi connectivity index (χ4n) is 2.29. The Balaban J connectivity index is 2.06. The second-order valence-electron chi connectivity index (χ2n) is 4.46. The molecule has 0 radical (unpaired) electrons. The van der Waals surface area contributed by atoms with Crippen molar-refractivity contribution in [1.29, 1.82) is 0 Å². The van der Waals surface area contributed by atoms with Gasteiger partial charge in [0.15, 0.2) is 0 Å². The molecule has 1 atom stereocenters. The van der Waals surface area contributed by atoms with E-state index < -0.39 is 0 Å². The molecule has 0 spiro atoms. The van der Waals surface area contributed by atoms with E-state index in [1.54, 1.807) is 0 Å². The van der Waals surface area contributed by atoms with Crippen LogP contribution in [0.25, 0.3) is 0 Å². The second kappa shape index (κ2) is 5.86. The average Bonchev–Trinajstić information content (AvgIpc) is 2.82. The van der Waals surface area contributed by atoms with Crippen molar-refractivity contribution in [2.45, 2.75) is 38.5 Å². The van der Waals surface area contributed by atoms with Gasteiger partial charge in [0.25, 0.3) is 0 Å². The molecule has 2 rings (SSSR count). The molecule has 0 aromatic heterocycles. The Morgan fingerprint density at radius 1 is 1.41 bits per heavy atom. The number of hydrogen-bond donors (Lipinski definition) is 1. The summed E-state index contributed by atoms with van der Waals surface area (Å²) >= 11 is 0. The van der Waals surface area contributed by atoms with E-state index in [4.69, 9.17) is 11.2 Å². The van der Waals surface area contributed by atoms with Crippen LogP contribution in [-0.4, -0.2) is 7.05 Å². The minimum absolute atomic E-state index is 0.397. The van der Waals surface area contributed by atoms with Gasteiger partial charge < -0.3 is 10.1 Å². The number of fused-ring (bicyclic) bond motifs is 1. The van der Waals surface area contributed by atoms with Crippen LogP contribution < -0.4 is 5.32 Å². The molecule has 0 amide bonds. The first kappa shape index (κ1) is 12.2. The predicted octanol–water partition coefficient (Wildman–Crippen LogP) is 2.78. The molecule has 1 aliphatic heterocycles. The highest BCUT2D eigenvalue weighted by Gasteiger charge is 2.14. The molecular weight excluding hydrogens is 210 g/mol. The lowest BCUT2D eigenvalue weighted by Gasteiger charge is -2.17. The van der Waals surface area contributed by atoms with E-state index in [2.05, 4.69) is 29.4 Å². The molecule has 1 unspecified atom stereocenters. The summed E-state index contributed by atoms with van der Waals surface area (Å²) in [6.45, 7) is 1.51. The van der Waals surface area contributed by atoms with Crippen molar-refractivity contribution in [2.24, 2.45) is 0 Å². The van der Waals surface area contributed by atoms with Crippen molar-refractivity contribution in [3.8, 4) is 12.3 Å². The summed E-state index contributed by atoms with van der Waals surface area (Å²) in [6.07, 6.45) is 8.28. The Kier molecular flexibility index (Phi) is 4.19. The summed E-state index contributed by atoms with van der Waals surface area (Å²) in [5.74, 6) is 2.69. The van der Waals surface area contributed by atoms with Gasteiger partial charge >= 0.3 is 0 Å². The van der Waals surface area contributed by atoms with Gasteiger partial charge in [-0.05, 0) is 36.6 Å². The molecule has 1 aromatic carbocycles. The first-order valence-corrected chi connectivity index (χ1v) is 6.15. The van der Waals surface area contributed by atoms with Crippen LogP contribution in [0.15, 0.2) is 18.2 Å². The molecule has 0 saturated heterocycles. The maximum Gasteiger partial charge on any atom is 0.0725 e. The monoisotopic (exact) mass is 229 g/mol. The average molecular weight is 229 g/mol. The number of unbranched alkanes of at least 4 members (excludes halogenated alkanes) is 1. The number of ether oxygens (including phenoxy) is 1. The number of rotatable bonds is 5. The summed E-state index contributed by atoms with van der Waals surface area (Å²) in [5, 5.41) is 3.36. The summed E-state index contributed by atoms with van der Waals surface area (Å²) in [7, 11) is 2.00. The Morgan fingerprint density at radius 3 is 3.00 bits per heavy atom. The van der Waals surface area contributed by atoms with E-state index in [1.165, 1.54) is 16.7 Å². The Bertz CT molecular complexity index is 419. The van der Waals surface area contributed by atoms with Gasteiger partial charge in [-0.25, -0.2) is 0 Å². The van der Waals surface area contributed by atoms with Gasteiger partial charge in [0.05, 0.1) is 13.2 Å². The van der Waals surface area contributed by atoms with Crippen LogP contribution in [0.5, 0.6) is 0 Å². The molecule has 0 saturated carbocycles. The number of hydrogen-bond acceptors (Lipinski definition) is 2. The number of terminal acetylenes is 1. The van der Waals surface area contributed by atoms with Gasteiger partial charge in [-0.2, -0.15) is 0 Å². The summed E-state index contributed by atoms with van der Waals surface area (Å²) in [4.78, 5) is 0. The van der Waals surface area contributed by atoms with Crippen LogP contribution in [-0.2, 0) is 18.0 Å². The number of benzene rings is 1. The van der Waals surface area contributed by atoms with Gasteiger partial charge in [0.2, 0.25) is 0 Å². The van der Waals surface area contributed by atoms with E-state index in [1.807, 2.05) is 7.05 Å². The molecule has 0 fully saturated rings. The Hall–Kier alpha value is -1.30. The maximum atomic E-state index is 5.43. The molecule has 2 nitrogen and oxygen atoms in total. The third kappa shape index (κ3) is 2.88. The quantitative estimate of drug-likeness (QED) is 0.619. The van der Waals surface area contributed by atoms with Crippen molar-refractivity contribution in [3.05, 3.63) is 34.9 Å². The SMILES string of the molecule is C#CCCCC(NC)c1ccc2c(c1)COC2. The van der Waals surface area contributed by atoms with E-state index >= 15 is 0 Å². The lowest BCUT2D eigenvalue weighted by molar-refractivity contribution is 0.134. The topological polar surface area (TPSA) is 21.3 Å². The normalized spacial score (nSPS) is 15.3. The minimum atomic E-state index is 0.397. The van der Waals surface area contributed by atoms with Crippen molar-refractivity contribution in [1.82, 2.24) is 5.32 Å².